The van der Waals surface area contributed by atoms with Crippen molar-refractivity contribution in [1.29, 1.82) is 0 Å². The van der Waals surface area contributed by atoms with Crippen molar-refractivity contribution in [3.05, 3.63) is 114 Å². The Hall–Kier alpha value is -4.82. The molecule has 0 fully saturated rings. The Kier molecular flexibility index (Phi) is 6.37. The Morgan fingerprint density at radius 2 is 1.76 bits per heavy atom. The van der Waals surface area contributed by atoms with Gasteiger partial charge in [0.1, 0.15) is 5.69 Å². The standard InChI is InChI=1S/C30H24N6OS/c1-20-7-5-11-23(17-20)33-29-31-14-13-25(34-29)28-27(35-30-36(28)15-16-38-30)22-10-6-12-24(19-22)32-26(37)18-21-8-3-2-4-9-21/h2-17,19H,18H2,1H3,(H,32,37)(H,31,33,34). The first kappa shape index (κ1) is 23.6. The van der Waals surface area contributed by atoms with E-state index < -0.39 is 0 Å². The summed E-state index contributed by atoms with van der Waals surface area (Å²) in [6.07, 6.45) is 4.05. The van der Waals surface area contributed by atoms with Crippen LogP contribution in [0.4, 0.5) is 17.3 Å². The second kappa shape index (κ2) is 10.3. The first-order valence-electron chi connectivity index (χ1n) is 12.2. The van der Waals surface area contributed by atoms with Crippen LogP contribution < -0.4 is 10.6 Å². The molecule has 6 aromatic rings. The Labute approximate surface area is 223 Å². The highest BCUT2D eigenvalue weighted by molar-refractivity contribution is 7.15. The minimum Gasteiger partial charge on any atom is -0.326 e. The average molecular weight is 517 g/mol. The first-order valence-corrected chi connectivity index (χ1v) is 13.1. The molecule has 0 unspecified atom stereocenters. The molecule has 0 bridgehead atoms. The van der Waals surface area contributed by atoms with Crippen molar-refractivity contribution in [3.63, 3.8) is 0 Å². The van der Waals surface area contributed by atoms with Gasteiger partial charge in [-0.25, -0.2) is 15.0 Å². The predicted octanol–water partition coefficient (Wildman–Crippen LogP) is 6.75. The van der Waals surface area contributed by atoms with Gasteiger partial charge in [0.05, 0.1) is 17.8 Å². The lowest BCUT2D eigenvalue weighted by Crippen LogP contribution is -2.14. The lowest BCUT2D eigenvalue weighted by molar-refractivity contribution is -0.115. The monoisotopic (exact) mass is 516 g/mol. The molecule has 3 aromatic carbocycles. The quantitative estimate of drug-likeness (QED) is 0.245. The van der Waals surface area contributed by atoms with Gasteiger partial charge >= 0.3 is 0 Å². The number of aryl methyl sites for hydroxylation is 1. The molecule has 2 N–H and O–H groups in total. The Morgan fingerprint density at radius 3 is 2.63 bits per heavy atom. The van der Waals surface area contributed by atoms with E-state index in [0.717, 1.165) is 50.1 Å². The third kappa shape index (κ3) is 5.02. The molecule has 38 heavy (non-hydrogen) atoms. The summed E-state index contributed by atoms with van der Waals surface area (Å²) in [6.45, 7) is 2.05. The largest absolute Gasteiger partial charge is 0.326 e. The van der Waals surface area contributed by atoms with Crippen LogP contribution in [0.1, 0.15) is 11.1 Å². The van der Waals surface area contributed by atoms with E-state index in [1.165, 1.54) is 0 Å². The van der Waals surface area contributed by atoms with Crippen molar-refractivity contribution in [2.75, 3.05) is 10.6 Å². The van der Waals surface area contributed by atoms with Crippen LogP contribution in [0.2, 0.25) is 0 Å². The van der Waals surface area contributed by atoms with Crippen LogP contribution >= 0.6 is 11.3 Å². The summed E-state index contributed by atoms with van der Waals surface area (Å²) in [5.74, 6) is 0.438. The Balaban J connectivity index is 1.33. The second-order valence-electron chi connectivity index (χ2n) is 8.92. The van der Waals surface area contributed by atoms with Crippen LogP contribution in [0.25, 0.3) is 27.6 Å². The molecule has 0 aliphatic rings. The SMILES string of the molecule is Cc1cccc(Nc2nccc(-c3c(-c4cccc(NC(=O)Cc5ccccc5)c4)nc4sccn34)n2)c1. The van der Waals surface area contributed by atoms with E-state index in [4.69, 9.17) is 9.97 Å². The number of hydrogen-bond donors (Lipinski definition) is 2. The fourth-order valence-corrected chi connectivity index (χ4v) is 5.08. The molecule has 0 atom stereocenters. The molecule has 0 spiro atoms. The van der Waals surface area contributed by atoms with Crippen LogP contribution in [0.5, 0.6) is 0 Å². The van der Waals surface area contributed by atoms with Crippen molar-refractivity contribution in [1.82, 2.24) is 19.4 Å². The summed E-state index contributed by atoms with van der Waals surface area (Å²) in [5, 5.41) is 8.33. The topological polar surface area (TPSA) is 84.2 Å². The van der Waals surface area contributed by atoms with E-state index in [2.05, 4.69) is 21.7 Å². The van der Waals surface area contributed by atoms with Gasteiger partial charge in [0.25, 0.3) is 0 Å². The molecule has 0 aliphatic carbocycles. The van der Waals surface area contributed by atoms with Crippen molar-refractivity contribution < 1.29 is 4.79 Å². The van der Waals surface area contributed by atoms with E-state index in [-0.39, 0.29) is 5.91 Å². The van der Waals surface area contributed by atoms with E-state index in [9.17, 15) is 4.79 Å². The molecule has 186 valence electrons. The number of carbonyl (C=O) groups is 1. The van der Waals surface area contributed by atoms with Gasteiger partial charge in [0.15, 0.2) is 4.96 Å². The summed E-state index contributed by atoms with van der Waals surface area (Å²) >= 11 is 1.56. The minimum atomic E-state index is -0.0675. The van der Waals surface area contributed by atoms with E-state index >= 15 is 0 Å². The molecule has 0 radical (unpaired) electrons. The molecular weight excluding hydrogens is 492 g/mol. The number of rotatable bonds is 7. The lowest BCUT2D eigenvalue weighted by atomic mass is 10.1. The number of hydrogen-bond acceptors (Lipinski definition) is 6. The number of carbonyl (C=O) groups excluding carboxylic acids is 1. The third-order valence-corrected chi connectivity index (χ3v) is 6.82. The number of nitrogens with one attached hydrogen (secondary N) is 2. The molecule has 7 nitrogen and oxygen atoms in total. The predicted molar refractivity (Wildman–Crippen MR) is 153 cm³/mol. The summed E-state index contributed by atoms with van der Waals surface area (Å²) in [5.41, 5.74) is 7.05. The lowest BCUT2D eigenvalue weighted by Gasteiger charge is -2.10. The number of anilines is 3. The Morgan fingerprint density at radius 1 is 0.921 bits per heavy atom. The number of nitrogens with zero attached hydrogens (tertiary/aromatic N) is 4. The zero-order valence-electron chi connectivity index (χ0n) is 20.6. The molecule has 3 heterocycles. The van der Waals surface area contributed by atoms with Crippen LogP contribution in [-0.2, 0) is 11.2 Å². The smallest absolute Gasteiger partial charge is 0.228 e. The summed E-state index contributed by atoms with van der Waals surface area (Å²) in [7, 11) is 0. The van der Waals surface area contributed by atoms with Crippen molar-refractivity contribution in [2.45, 2.75) is 13.3 Å². The van der Waals surface area contributed by atoms with Crippen LogP contribution in [0.15, 0.2) is 103 Å². The zero-order chi connectivity index (χ0) is 25.9. The van der Waals surface area contributed by atoms with E-state index in [1.54, 1.807) is 17.5 Å². The summed E-state index contributed by atoms with van der Waals surface area (Å²) < 4.78 is 2.04. The van der Waals surface area contributed by atoms with Gasteiger partial charge in [-0.1, -0.05) is 54.6 Å². The fraction of sp³-hybridized carbons (Fsp3) is 0.0667. The molecule has 6 rings (SSSR count). The van der Waals surface area contributed by atoms with Crippen LogP contribution in [0, 0.1) is 6.92 Å². The van der Waals surface area contributed by atoms with Gasteiger partial charge in [-0.2, -0.15) is 0 Å². The van der Waals surface area contributed by atoms with Gasteiger partial charge in [0.2, 0.25) is 11.9 Å². The highest BCUT2D eigenvalue weighted by atomic mass is 32.1. The second-order valence-corrected chi connectivity index (χ2v) is 9.79. The van der Waals surface area contributed by atoms with Crippen molar-refractivity contribution in [3.8, 4) is 22.6 Å². The summed E-state index contributed by atoms with van der Waals surface area (Å²) in [4.78, 5) is 27.7. The van der Waals surface area contributed by atoms with E-state index in [1.807, 2.05) is 102 Å². The summed E-state index contributed by atoms with van der Waals surface area (Å²) in [6, 6.07) is 27.4. The maximum atomic E-state index is 12.7. The minimum absolute atomic E-state index is 0.0675. The zero-order valence-corrected chi connectivity index (χ0v) is 21.4. The van der Waals surface area contributed by atoms with Gasteiger partial charge in [-0.15, -0.1) is 11.3 Å². The molecule has 3 aromatic heterocycles. The Bertz CT molecular complexity index is 1740. The van der Waals surface area contributed by atoms with Gasteiger partial charge < -0.3 is 10.6 Å². The number of thiazole rings is 1. The molecule has 0 aliphatic heterocycles. The van der Waals surface area contributed by atoms with Crippen molar-refractivity contribution in [2.24, 2.45) is 0 Å². The maximum Gasteiger partial charge on any atom is 0.228 e. The molecule has 8 heteroatoms. The average Bonchev–Trinajstić information content (AvgIpc) is 3.51. The number of imidazole rings is 1. The normalized spacial score (nSPS) is 11.0. The number of aromatic nitrogens is 4. The van der Waals surface area contributed by atoms with E-state index in [0.29, 0.717) is 12.4 Å². The molecular formula is C30H24N6OS. The highest BCUT2D eigenvalue weighted by Gasteiger charge is 2.19. The van der Waals surface area contributed by atoms with Gasteiger partial charge in [-0.05, 0) is 48.4 Å². The third-order valence-electron chi connectivity index (χ3n) is 6.06. The van der Waals surface area contributed by atoms with Gasteiger partial charge in [-0.3, -0.25) is 9.20 Å². The van der Waals surface area contributed by atoms with Crippen LogP contribution in [0.3, 0.4) is 0 Å². The van der Waals surface area contributed by atoms with Crippen molar-refractivity contribution >= 4 is 39.5 Å². The number of benzene rings is 3. The van der Waals surface area contributed by atoms with Gasteiger partial charge in [0, 0.05) is 34.7 Å². The number of fused-ring (bicyclic) bond motifs is 1. The molecule has 0 saturated heterocycles. The van der Waals surface area contributed by atoms with Crippen LogP contribution in [-0.4, -0.2) is 25.3 Å². The maximum absolute atomic E-state index is 12.7. The first-order chi connectivity index (χ1) is 18.6. The molecule has 0 saturated carbocycles. The fourth-order valence-electron chi connectivity index (χ4n) is 4.37. The molecule has 1 amide bonds. The number of amides is 1. The highest BCUT2D eigenvalue weighted by Crippen LogP contribution is 2.34.